The lowest BCUT2D eigenvalue weighted by Crippen LogP contribution is -2.30. The number of thiazole rings is 1. The molecule has 1 amide bonds. The topological polar surface area (TPSA) is 51.7 Å². The average molecular weight is 431 g/mol. The van der Waals surface area contributed by atoms with E-state index in [0.29, 0.717) is 41.9 Å². The number of hydrogen-bond donors (Lipinski definition) is 0. The van der Waals surface area contributed by atoms with Crippen LogP contribution in [-0.4, -0.2) is 36.0 Å². The number of aromatic nitrogens is 1. The van der Waals surface area contributed by atoms with Crippen LogP contribution < -0.4 is 9.47 Å². The fourth-order valence-electron chi connectivity index (χ4n) is 2.89. The minimum Gasteiger partial charge on any atom is -0.493 e. The Morgan fingerprint density at radius 3 is 2.62 bits per heavy atom. The van der Waals surface area contributed by atoms with E-state index in [9.17, 15) is 4.79 Å². The van der Waals surface area contributed by atoms with Crippen molar-refractivity contribution in [2.45, 2.75) is 20.5 Å². The second kappa shape index (κ2) is 9.76. The van der Waals surface area contributed by atoms with Gasteiger partial charge in [-0.2, -0.15) is 0 Å². The molecule has 3 aromatic rings. The van der Waals surface area contributed by atoms with Crippen LogP contribution >= 0.6 is 22.9 Å². The van der Waals surface area contributed by atoms with Gasteiger partial charge in [0.2, 0.25) is 0 Å². The van der Waals surface area contributed by atoms with Crippen LogP contribution in [0.25, 0.3) is 10.6 Å². The summed E-state index contributed by atoms with van der Waals surface area (Å²) in [6, 6.07) is 13.2. The Hall–Kier alpha value is -2.57. The zero-order valence-electron chi connectivity index (χ0n) is 16.6. The molecule has 152 valence electrons. The molecular weight excluding hydrogens is 408 g/mol. The highest BCUT2D eigenvalue weighted by Gasteiger charge is 2.17. The first-order valence-electron chi connectivity index (χ1n) is 9.36. The van der Waals surface area contributed by atoms with E-state index in [1.165, 1.54) is 11.3 Å². The van der Waals surface area contributed by atoms with Gasteiger partial charge in [-0.15, -0.1) is 11.3 Å². The zero-order chi connectivity index (χ0) is 20.8. The van der Waals surface area contributed by atoms with Gasteiger partial charge in [-0.1, -0.05) is 23.7 Å². The number of carbonyl (C=O) groups is 1. The van der Waals surface area contributed by atoms with E-state index in [-0.39, 0.29) is 5.91 Å². The van der Waals surface area contributed by atoms with Crippen LogP contribution in [0.3, 0.4) is 0 Å². The number of nitrogens with zero attached hydrogens (tertiary/aromatic N) is 2. The molecule has 3 rings (SSSR count). The summed E-state index contributed by atoms with van der Waals surface area (Å²) >= 11 is 7.46. The van der Waals surface area contributed by atoms with Crippen LogP contribution in [0, 0.1) is 0 Å². The minimum atomic E-state index is -0.0501. The predicted octanol–water partition coefficient (Wildman–Crippen LogP) is 5.53. The molecule has 1 heterocycles. The lowest BCUT2D eigenvalue weighted by Gasteiger charge is -2.16. The molecule has 29 heavy (non-hydrogen) atoms. The Morgan fingerprint density at radius 2 is 1.93 bits per heavy atom. The third-order valence-electron chi connectivity index (χ3n) is 4.47. The lowest BCUT2D eigenvalue weighted by atomic mass is 10.2. The van der Waals surface area contributed by atoms with Crippen molar-refractivity contribution in [3.8, 4) is 22.1 Å². The molecule has 0 saturated carbocycles. The van der Waals surface area contributed by atoms with Crippen molar-refractivity contribution >= 4 is 28.8 Å². The molecule has 0 fully saturated rings. The van der Waals surface area contributed by atoms with Gasteiger partial charge in [0.1, 0.15) is 17.3 Å². The maximum Gasteiger partial charge on any atom is 0.273 e. The first-order valence-corrected chi connectivity index (χ1v) is 10.6. The fourth-order valence-corrected chi connectivity index (χ4v) is 3.89. The van der Waals surface area contributed by atoms with Gasteiger partial charge >= 0.3 is 0 Å². The van der Waals surface area contributed by atoms with Gasteiger partial charge in [-0.25, -0.2) is 4.98 Å². The Kier molecular flexibility index (Phi) is 7.12. The zero-order valence-corrected chi connectivity index (χ0v) is 18.2. The average Bonchev–Trinajstić information content (AvgIpc) is 3.23. The SMILES string of the molecule is CCN(CC)C(=O)c1csc(-c2ccc(OCc3cccc(Cl)c3)c(OC)c2)n1. The largest absolute Gasteiger partial charge is 0.493 e. The number of rotatable bonds is 8. The fraction of sp³-hybridized carbons (Fsp3) is 0.273. The van der Waals surface area contributed by atoms with Crippen molar-refractivity contribution in [2.24, 2.45) is 0 Å². The quantitative estimate of drug-likeness (QED) is 0.471. The summed E-state index contributed by atoms with van der Waals surface area (Å²) in [6.07, 6.45) is 0. The van der Waals surface area contributed by atoms with E-state index < -0.39 is 0 Å². The van der Waals surface area contributed by atoms with Crippen LogP contribution in [0.4, 0.5) is 0 Å². The van der Waals surface area contributed by atoms with E-state index in [1.807, 2.05) is 56.3 Å². The van der Waals surface area contributed by atoms with Crippen molar-refractivity contribution in [2.75, 3.05) is 20.2 Å². The number of hydrogen-bond acceptors (Lipinski definition) is 5. The summed E-state index contributed by atoms with van der Waals surface area (Å²) in [7, 11) is 1.60. The number of methoxy groups -OCH3 is 1. The maximum absolute atomic E-state index is 12.5. The Balaban J connectivity index is 1.77. The van der Waals surface area contributed by atoms with Gasteiger partial charge in [0.05, 0.1) is 7.11 Å². The van der Waals surface area contributed by atoms with Crippen LogP contribution in [0.5, 0.6) is 11.5 Å². The van der Waals surface area contributed by atoms with Gasteiger partial charge in [0.15, 0.2) is 11.5 Å². The molecule has 0 unspecified atom stereocenters. The molecule has 5 nitrogen and oxygen atoms in total. The monoisotopic (exact) mass is 430 g/mol. The van der Waals surface area contributed by atoms with Crippen LogP contribution in [0.2, 0.25) is 5.02 Å². The summed E-state index contributed by atoms with van der Waals surface area (Å²) in [5.74, 6) is 1.19. The first-order chi connectivity index (χ1) is 14.0. The van der Waals surface area contributed by atoms with Crippen molar-refractivity contribution < 1.29 is 14.3 Å². The molecule has 0 atom stereocenters. The van der Waals surface area contributed by atoms with Gasteiger partial charge in [-0.3, -0.25) is 4.79 Å². The van der Waals surface area contributed by atoms with Crippen molar-refractivity contribution in [1.82, 2.24) is 9.88 Å². The summed E-state index contributed by atoms with van der Waals surface area (Å²) in [6.45, 7) is 5.63. The Bertz CT molecular complexity index is 986. The highest BCUT2D eigenvalue weighted by Crippen LogP contribution is 2.34. The lowest BCUT2D eigenvalue weighted by molar-refractivity contribution is 0.0768. The van der Waals surface area contributed by atoms with Crippen molar-refractivity contribution in [1.29, 1.82) is 0 Å². The second-order valence-electron chi connectivity index (χ2n) is 6.30. The standard InChI is InChI=1S/C22H23ClN2O3S/c1-4-25(5-2)22(26)18-14-29-21(24-18)16-9-10-19(20(12-16)27-3)28-13-15-7-6-8-17(23)11-15/h6-12,14H,4-5,13H2,1-3H3. The molecule has 0 saturated heterocycles. The normalized spacial score (nSPS) is 10.6. The first kappa shape index (κ1) is 21.1. The van der Waals surface area contributed by atoms with Crippen molar-refractivity contribution in [3.63, 3.8) is 0 Å². The highest BCUT2D eigenvalue weighted by atomic mass is 35.5. The smallest absolute Gasteiger partial charge is 0.273 e. The summed E-state index contributed by atoms with van der Waals surface area (Å²) in [5.41, 5.74) is 2.32. The van der Waals surface area contributed by atoms with Gasteiger partial charge in [0, 0.05) is 29.1 Å². The number of carbonyl (C=O) groups excluding carboxylic acids is 1. The number of ether oxygens (including phenoxy) is 2. The predicted molar refractivity (Wildman–Crippen MR) is 117 cm³/mol. The molecule has 2 aromatic carbocycles. The van der Waals surface area contributed by atoms with E-state index in [4.69, 9.17) is 21.1 Å². The molecule has 0 radical (unpaired) electrons. The summed E-state index contributed by atoms with van der Waals surface area (Å²) in [4.78, 5) is 18.8. The molecule has 0 aliphatic carbocycles. The number of benzene rings is 2. The van der Waals surface area contributed by atoms with Crippen LogP contribution in [-0.2, 0) is 6.61 Å². The van der Waals surface area contributed by atoms with Crippen molar-refractivity contribution in [3.05, 3.63) is 64.1 Å². The molecule has 0 N–H and O–H groups in total. The molecule has 0 aliphatic rings. The van der Waals surface area contributed by atoms with Gasteiger partial charge in [0.25, 0.3) is 5.91 Å². The van der Waals surface area contributed by atoms with E-state index in [2.05, 4.69) is 4.98 Å². The van der Waals surface area contributed by atoms with Gasteiger partial charge < -0.3 is 14.4 Å². The number of halogens is 1. The molecule has 1 aromatic heterocycles. The highest BCUT2D eigenvalue weighted by molar-refractivity contribution is 7.13. The molecule has 0 aliphatic heterocycles. The minimum absolute atomic E-state index is 0.0501. The second-order valence-corrected chi connectivity index (χ2v) is 7.59. The van der Waals surface area contributed by atoms with E-state index in [1.54, 1.807) is 17.4 Å². The van der Waals surface area contributed by atoms with Gasteiger partial charge in [-0.05, 0) is 49.7 Å². The van der Waals surface area contributed by atoms with Crippen LogP contribution in [0.1, 0.15) is 29.9 Å². The van der Waals surface area contributed by atoms with E-state index >= 15 is 0 Å². The third kappa shape index (κ3) is 5.08. The number of amides is 1. The summed E-state index contributed by atoms with van der Waals surface area (Å²) < 4.78 is 11.4. The van der Waals surface area contributed by atoms with E-state index in [0.717, 1.165) is 16.1 Å². The Morgan fingerprint density at radius 1 is 1.14 bits per heavy atom. The summed E-state index contributed by atoms with van der Waals surface area (Å²) in [5, 5.41) is 3.24. The maximum atomic E-state index is 12.5. The molecular formula is C22H23ClN2O3S. The molecule has 0 spiro atoms. The van der Waals surface area contributed by atoms with Crippen LogP contribution in [0.15, 0.2) is 47.8 Å². The Labute approximate surface area is 179 Å². The molecule has 0 bridgehead atoms. The molecule has 7 heteroatoms. The third-order valence-corrected chi connectivity index (χ3v) is 5.59.